The molecule has 2 aromatic rings. The van der Waals surface area contributed by atoms with Crippen molar-refractivity contribution >= 4 is 0 Å². The van der Waals surface area contributed by atoms with Gasteiger partial charge < -0.3 is 5.11 Å². The Balaban J connectivity index is 2.16. The van der Waals surface area contributed by atoms with E-state index in [9.17, 15) is 13.9 Å². The van der Waals surface area contributed by atoms with Gasteiger partial charge in [-0.15, -0.1) is 0 Å². The highest BCUT2D eigenvalue weighted by molar-refractivity contribution is 5.46. The molecule has 0 radical (unpaired) electrons. The number of rotatable bonds is 1. The van der Waals surface area contributed by atoms with Gasteiger partial charge in [-0.25, -0.2) is 8.78 Å². The molecule has 19 heavy (non-hydrogen) atoms. The summed E-state index contributed by atoms with van der Waals surface area (Å²) < 4.78 is 27.1. The quantitative estimate of drug-likeness (QED) is 0.832. The van der Waals surface area contributed by atoms with Crippen molar-refractivity contribution in [3.63, 3.8) is 0 Å². The predicted octanol–water partition coefficient (Wildman–Crippen LogP) is 3.46. The van der Waals surface area contributed by atoms with Crippen LogP contribution in [-0.2, 0) is 12.0 Å². The molecule has 98 valence electrons. The Bertz CT molecular complexity index is 651. The van der Waals surface area contributed by atoms with E-state index >= 15 is 0 Å². The minimum Gasteiger partial charge on any atom is -0.380 e. The van der Waals surface area contributed by atoms with E-state index in [2.05, 4.69) is 0 Å². The first-order valence-electron chi connectivity index (χ1n) is 6.29. The fourth-order valence-corrected chi connectivity index (χ4v) is 2.84. The maximum absolute atomic E-state index is 13.7. The van der Waals surface area contributed by atoms with Crippen LogP contribution in [0.5, 0.6) is 0 Å². The summed E-state index contributed by atoms with van der Waals surface area (Å²) in [7, 11) is 0. The van der Waals surface area contributed by atoms with Gasteiger partial charge in [-0.2, -0.15) is 0 Å². The third kappa shape index (κ3) is 1.77. The Labute approximate surface area is 110 Å². The zero-order valence-electron chi connectivity index (χ0n) is 10.6. The normalized spacial score (nSPS) is 21.5. The number of halogens is 2. The topological polar surface area (TPSA) is 20.2 Å². The first-order chi connectivity index (χ1) is 9.02. The van der Waals surface area contributed by atoms with Crippen LogP contribution in [0.1, 0.15) is 28.7 Å². The van der Waals surface area contributed by atoms with Crippen molar-refractivity contribution in [3.05, 3.63) is 70.3 Å². The molecule has 0 aliphatic heterocycles. The Morgan fingerprint density at radius 3 is 2.63 bits per heavy atom. The number of aryl methyl sites for hydroxylation is 1. The molecule has 3 heteroatoms. The molecular weight excluding hydrogens is 246 g/mol. The van der Waals surface area contributed by atoms with Gasteiger partial charge in [0, 0.05) is 0 Å². The third-order valence-corrected chi connectivity index (χ3v) is 3.94. The molecule has 1 atom stereocenters. The summed E-state index contributed by atoms with van der Waals surface area (Å²) in [4.78, 5) is 0. The van der Waals surface area contributed by atoms with E-state index in [0.717, 1.165) is 0 Å². The fraction of sp³-hybridized carbons (Fsp3) is 0.250. The van der Waals surface area contributed by atoms with Gasteiger partial charge in [-0.05, 0) is 60.2 Å². The summed E-state index contributed by atoms with van der Waals surface area (Å²) >= 11 is 0. The summed E-state index contributed by atoms with van der Waals surface area (Å²) in [5, 5.41) is 10.9. The van der Waals surface area contributed by atoms with Crippen molar-refractivity contribution in [1.82, 2.24) is 0 Å². The van der Waals surface area contributed by atoms with Crippen LogP contribution in [0.3, 0.4) is 0 Å². The molecule has 0 bridgehead atoms. The lowest BCUT2D eigenvalue weighted by atomic mass is 9.87. The van der Waals surface area contributed by atoms with Crippen molar-refractivity contribution in [2.24, 2.45) is 0 Å². The number of hydrogen-bond acceptors (Lipinski definition) is 1. The molecule has 0 fully saturated rings. The zero-order valence-corrected chi connectivity index (χ0v) is 10.6. The number of aliphatic hydroxyl groups is 1. The average Bonchev–Trinajstić information content (AvgIpc) is 2.74. The number of fused-ring (bicyclic) bond motifs is 1. The van der Waals surface area contributed by atoms with Gasteiger partial charge >= 0.3 is 0 Å². The largest absolute Gasteiger partial charge is 0.380 e. The maximum Gasteiger partial charge on any atom is 0.126 e. The van der Waals surface area contributed by atoms with Crippen molar-refractivity contribution in [2.75, 3.05) is 0 Å². The lowest BCUT2D eigenvalue weighted by molar-refractivity contribution is 0.0828. The SMILES string of the molecule is Cc1cc(C2(O)CCc3c(F)cccc32)ccc1F. The highest BCUT2D eigenvalue weighted by Gasteiger charge is 2.39. The second-order valence-electron chi connectivity index (χ2n) is 5.09. The van der Waals surface area contributed by atoms with Crippen LogP contribution in [0.25, 0.3) is 0 Å². The summed E-state index contributed by atoms with van der Waals surface area (Å²) in [5.41, 5.74) is 1.05. The highest BCUT2D eigenvalue weighted by atomic mass is 19.1. The van der Waals surface area contributed by atoms with Crippen molar-refractivity contribution < 1.29 is 13.9 Å². The van der Waals surface area contributed by atoms with E-state index in [0.29, 0.717) is 35.1 Å². The highest BCUT2D eigenvalue weighted by Crippen LogP contribution is 2.43. The molecule has 0 amide bonds. The predicted molar refractivity (Wildman–Crippen MR) is 68.9 cm³/mol. The third-order valence-electron chi connectivity index (χ3n) is 3.94. The molecule has 0 saturated heterocycles. The maximum atomic E-state index is 13.7. The van der Waals surface area contributed by atoms with E-state index in [-0.39, 0.29) is 11.6 Å². The lowest BCUT2D eigenvalue weighted by Crippen LogP contribution is -2.24. The Hall–Kier alpha value is -1.74. The van der Waals surface area contributed by atoms with E-state index in [4.69, 9.17) is 0 Å². The molecule has 2 aromatic carbocycles. The molecule has 1 N–H and O–H groups in total. The minimum absolute atomic E-state index is 0.285. The summed E-state index contributed by atoms with van der Waals surface area (Å²) in [6.45, 7) is 1.66. The van der Waals surface area contributed by atoms with E-state index in [1.54, 1.807) is 31.2 Å². The molecule has 3 rings (SSSR count). The van der Waals surface area contributed by atoms with Crippen LogP contribution in [0.15, 0.2) is 36.4 Å². The smallest absolute Gasteiger partial charge is 0.126 e. The van der Waals surface area contributed by atoms with Crippen LogP contribution >= 0.6 is 0 Å². The average molecular weight is 260 g/mol. The van der Waals surface area contributed by atoms with Gasteiger partial charge in [0.25, 0.3) is 0 Å². The van der Waals surface area contributed by atoms with Crippen molar-refractivity contribution in [1.29, 1.82) is 0 Å². The Kier molecular flexibility index (Phi) is 2.68. The fourth-order valence-electron chi connectivity index (χ4n) is 2.84. The molecule has 0 heterocycles. The van der Waals surface area contributed by atoms with Crippen molar-refractivity contribution in [2.45, 2.75) is 25.4 Å². The van der Waals surface area contributed by atoms with Crippen molar-refractivity contribution in [3.8, 4) is 0 Å². The van der Waals surface area contributed by atoms with Gasteiger partial charge in [0.1, 0.15) is 17.2 Å². The molecule has 1 aliphatic carbocycles. The lowest BCUT2D eigenvalue weighted by Gasteiger charge is -2.25. The summed E-state index contributed by atoms with van der Waals surface area (Å²) in [5.74, 6) is -0.586. The first-order valence-corrected chi connectivity index (χ1v) is 6.29. The van der Waals surface area contributed by atoms with Crippen LogP contribution < -0.4 is 0 Å². The van der Waals surface area contributed by atoms with E-state index in [1.807, 2.05) is 0 Å². The van der Waals surface area contributed by atoms with Gasteiger partial charge in [-0.3, -0.25) is 0 Å². The second-order valence-corrected chi connectivity index (χ2v) is 5.09. The van der Waals surface area contributed by atoms with Crippen LogP contribution in [0.4, 0.5) is 8.78 Å². The van der Waals surface area contributed by atoms with Crippen LogP contribution in [0.2, 0.25) is 0 Å². The molecule has 1 nitrogen and oxygen atoms in total. The first kappa shape index (κ1) is 12.3. The van der Waals surface area contributed by atoms with Gasteiger partial charge in [-0.1, -0.05) is 18.2 Å². The summed E-state index contributed by atoms with van der Waals surface area (Å²) in [6.07, 6.45) is 0.920. The molecular formula is C16H14F2O. The number of benzene rings is 2. The van der Waals surface area contributed by atoms with E-state index in [1.165, 1.54) is 12.1 Å². The second kappa shape index (κ2) is 4.14. The molecule has 0 spiro atoms. The standard InChI is InChI=1S/C16H14F2O/c1-10-9-11(5-6-14(10)17)16(19)8-7-12-13(16)3-2-4-15(12)18/h2-6,9,19H,7-8H2,1H3. The minimum atomic E-state index is -1.21. The molecule has 1 aliphatic rings. The Morgan fingerprint density at radius 2 is 1.89 bits per heavy atom. The van der Waals surface area contributed by atoms with Crippen LogP contribution in [0, 0.1) is 18.6 Å². The molecule has 0 aromatic heterocycles. The van der Waals surface area contributed by atoms with Gasteiger partial charge in [0.05, 0.1) is 0 Å². The zero-order chi connectivity index (χ0) is 13.6. The van der Waals surface area contributed by atoms with Gasteiger partial charge in [0.15, 0.2) is 0 Å². The number of hydrogen-bond donors (Lipinski definition) is 1. The van der Waals surface area contributed by atoms with Gasteiger partial charge in [0.2, 0.25) is 0 Å². The molecule has 1 unspecified atom stereocenters. The van der Waals surface area contributed by atoms with Crippen LogP contribution in [-0.4, -0.2) is 5.11 Å². The van der Waals surface area contributed by atoms with E-state index < -0.39 is 5.60 Å². The Morgan fingerprint density at radius 1 is 1.11 bits per heavy atom. The monoisotopic (exact) mass is 260 g/mol. The summed E-state index contributed by atoms with van der Waals surface area (Å²) in [6, 6.07) is 9.29. The molecule has 0 saturated carbocycles.